The van der Waals surface area contributed by atoms with Gasteiger partial charge >= 0.3 is 0 Å². The number of halogens is 10. The average molecular weight is 1740 g/mol. The van der Waals surface area contributed by atoms with Crippen molar-refractivity contribution < 1.29 is 43.9 Å². The summed E-state index contributed by atoms with van der Waals surface area (Å²) in [5, 5.41) is 0. The summed E-state index contributed by atoms with van der Waals surface area (Å²) in [4.78, 5) is 0. The predicted octanol–water partition coefficient (Wildman–Crippen LogP) is 37.8. The second-order valence-electron chi connectivity index (χ2n) is 38.4. The van der Waals surface area contributed by atoms with Crippen LogP contribution in [0.1, 0.15) is 357 Å². The molecule has 5 aliphatic rings. The molecule has 0 saturated heterocycles. The topological polar surface area (TPSA) is 0 Å². The van der Waals surface area contributed by atoms with E-state index in [2.05, 4.69) is 95.3 Å². The Hall–Kier alpha value is -8.50. The minimum atomic E-state index is -0.747. The first-order valence-corrected chi connectivity index (χ1v) is 49.2. The van der Waals surface area contributed by atoms with Crippen LogP contribution in [0.2, 0.25) is 0 Å². The van der Waals surface area contributed by atoms with E-state index in [9.17, 15) is 43.9 Å². The van der Waals surface area contributed by atoms with Crippen LogP contribution in [-0.2, 0) is 0 Å². The first-order valence-electron chi connectivity index (χ1n) is 49.2. The molecule has 0 unspecified atom stereocenters. The first kappa shape index (κ1) is 99.1. The van der Waals surface area contributed by atoms with Gasteiger partial charge in [0.1, 0.15) is 0 Å². The van der Waals surface area contributed by atoms with Gasteiger partial charge in [0.25, 0.3) is 0 Å². The molecule has 127 heavy (non-hydrogen) atoms. The predicted molar refractivity (Wildman–Crippen MR) is 513 cm³/mol. The van der Waals surface area contributed by atoms with Gasteiger partial charge in [-0.3, -0.25) is 0 Å². The van der Waals surface area contributed by atoms with Gasteiger partial charge in [-0.2, -0.15) is 0 Å². The van der Waals surface area contributed by atoms with Gasteiger partial charge in [-0.15, -0.1) is 0 Å². The lowest BCUT2D eigenvalue weighted by atomic mass is 9.77. The molecule has 10 aromatic carbocycles. The third kappa shape index (κ3) is 27.6. The maximum atomic E-state index is 14.2. The van der Waals surface area contributed by atoms with Crippen LogP contribution < -0.4 is 0 Å². The highest BCUT2D eigenvalue weighted by atomic mass is 19.2. The van der Waals surface area contributed by atoms with Gasteiger partial charge in [0.15, 0.2) is 58.2 Å². The van der Waals surface area contributed by atoms with E-state index in [0.29, 0.717) is 85.2 Å². The zero-order chi connectivity index (χ0) is 90.5. The maximum Gasteiger partial charge on any atom is 0.166 e. The molecule has 0 radical (unpaired) electrons. The Morgan fingerprint density at radius 3 is 0.504 bits per heavy atom. The van der Waals surface area contributed by atoms with Crippen LogP contribution in [0.25, 0.3) is 55.6 Å². The van der Waals surface area contributed by atoms with E-state index >= 15 is 0 Å². The summed E-state index contributed by atoms with van der Waals surface area (Å²) in [6.07, 6.45) is 48.7. The summed E-state index contributed by atoms with van der Waals surface area (Å²) in [6.45, 7) is 19.2. The van der Waals surface area contributed by atoms with E-state index in [4.69, 9.17) is 0 Å². The standard InChI is InChI=1S/3C24H30F2.C23H28F2.C22H26F2/c3*1-3-4-5-6-18-8-10-19(11-9-18)20-12-14-21(15-13-20)22-16-7-17(2)23(25)24(22)26;1-3-4-5-17-7-9-18(10-8-17)19-11-13-20(14-12-19)21-15-6-16(2)22(24)23(21)25;1-3-4-16-6-8-17(9-7-16)18-10-12-19(13-11-18)20-14-5-15(2)21(23)22(20)24/h3*7,12-16,18-19H,3-6,8-11H2,1-2H3;6,11-15,17-18H,3-5,7-10H2,1-2H3;5,10-14,16-17H,3-4,6-9H2,1-2H3. The van der Waals surface area contributed by atoms with Crippen LogP contribution in [0.5, 0.6) is 0 Å². The van der Waals surface area contributed by atoms with Crippen molar-refractivity contribution in [2.45, 2.75) is 336 Å². The molecule has 0 aromatic heterocycles. The summed E-state index contributed by atoms with van der Waals surface area (Å²) < 4.78 is 140. The quantitative estimate of drug-likeness (QED) is 0.0356. The fourth-order valence-corrected chi connectivity index (χ4v) is 20.9. The Kier molecular flexibility index (Phi) is 39.0. The Balaban J connectivity index is 0.000000154. The van der Waals surface area contributed by atoms with Crippen molar-refractivity contribution in [3.05, 3.63) is 296 Å². The molecule has 0 N–H and O–H groups in total. The van der Waals surface area contributed by atoms with Gasteiger partial charge in [0, 0.05) is 27.8 Å². The van der Waals surface area contributed by atoms with Crippen LogP contribution in [0.3, 0.4) is 0 Å². The van der Waals surface area contributed by atoms with Gasteiger partial charge in [0.05, 0.1) is 0 Å². The maximum absolute atomic E-state index is 14.2. The van der Waals surface area contributed by atoms with Crippen LogP contribution in [0.4, 0.5) is 43.9 Å². The van der Waals surface area contributed by atoms with Crippen molar-refractivity contribution in [2.75, 3.05) is 0 Å². The summed E-state index contributed by atoms with van der Waals surface area (Å²) in [6, 6.07) is 56.9. The molecule has 0 spiro atoms. The van der Waals surface area contributed by atoms with E-state index in [-0.39, 0.29) is 0 Å². The Morgan fingerprint density at radius 1 is 0.173 bits per heavy atom. The minimum Gasteiger partial charge on any atom is -0.203 e. The fourth-order valence-electron chi connectivity index (χ4n) is 20.9. The number of rotatable bonds is 27. The monoisotopic (exact) mass is 1740 g/mol. The molecule has 5 fully saturated rings. The number of benzene rings is 10. The van der Waals surface area contributed by atoms with E-state index in [1.54, 1.807) is 95.3 Å². The smallest absolute Gasteiger partial charge is 0.166 e. The number of aryl methyl sites for hydroxylation is 5. The summed E-state index contributed by atoms with van der Waals surface area (Å²) in [5.41, 5.74) is 13.9. The normalized spacial score (nSPS) is 20.5. The van der Waals surface area contributed by atoms with Gasteiger partial charge < -0.3 is 0 Å². The minimum absolute atomic E-state index is 0.344. The lowest BCUT2D eigenvalue weighted by Crippen LogP contribution is -2.13. The highest BCUT2D eigenvalue weighted by Crippen LogP contribution is 2.46. The summed E-state index contributed by atoms with van der Waals surface area (Å²) in [7, 11) is 0. The largest absolute Gasteiger partial charge is 0.203 e. The molecule has 15 rings (SSSR count). The number of hydrogen-bond acceptors (Lipinski definition) is 0. The second kappa shape index (κ2) is 50.1. The van der Waals surface area contributed by atoms with Crippen molar-refractivity contribution in [3.63, 3.8) is 0 Å². The molecule has 0 nitrogen and oxygen atoms in total. The summed E-state index contributed by atoms with van der Waals surface area (Å²) in [5.74, 6) is 0.154. The SMILES string of the molecule is CCCC1CCC(c2ccc(-c3ccc(C)c(F)c3F)cc2)CC1.CCCCC1CCC(c2ccc(-c3ccc(C)c(F)c3F)cc2)CC1.CCCCCC1CCC(c2ccc(-c3ccc(C)c(F)c3F)cc2)CC1.CCCCCC1CCC(c2ccc(-c3ccc(C)c(F)c3F)cc2)CC1.CCCCCC1CCC(c2ccc(-c3ccc(C)c(F)c3F)cc2)CC1. The molecule has 0 amide bonds. The Morgan fingerprint density at radius 2 is 0.339 bits per heavy atom. The first-order chi connectivity index (χ1) is 61.5. The van der Waals surface area contributed by atoms with Crippen molar-refractivity contribution in [3.8, 4) is 55.6 Å². The van der Waals surface area contributed by atoms with Crippen molar-refractivity contribution in [2.24, 2.45) is 29.6 Å². The summed E-state index contributed by atoms with van der Waals surface area (Å²) >= 11 is 0. The van der Waals surface area contributed by atoms with Gasteiger partial charge in [-0.25, -0.2) is 43.9 Å². The molecule has 0 heterocycles. The number of unbranched alkanes of at least 4 members (excludes halogenated alkanes) is 7. The van der Waals surface area contributed by atoms with Crippen LogP contribution in [-0.4, -0.2) is 0 Å². The number of hydrogen-bond donors (Lipinski definition) is 0. The highest BCUT2D eigenvalue weighted by molar-refractivity contribution is 5.69. The molecular weight excluding hydrogens is 1600 g/mol. The third-order valence-corrected chi connectivity index (χ3v) is 29.4. The van der Waals surface area contributed by atoms with E-state index in [1.807, 2.05) is 60.7 Å². The average Bonchev–Trinajstić information content (AvgIpc) is 0.825. The zero-order valence-electron chi connectivity index (χ0n) is 78.0. The van der Waals surface area contributed by atoms with Crippen LogP contribution in [0.15, 0.2) is 182 Å². The van der Waals surface area contributed by atoms with Gasteiger partial charge in [-0.05, 0) is 306 Å². The van der Waals surface area contributed by atoms with E-state index in [1.165, 1.54) is 265 Å². The molecule has 5 aliphatic carbocycles. The lowest BCUT2D eigenvalue weighted by molar-refractivity contribution is 0.303. The van der Waals surface area contributed by atoms with Crippen LogP contribution >= 0.6 is 0 Å². The Bertz CT molecular complexity index is 4660. The second-order valence-corrected chi connectivity index (χ2v) is 38.4. The molecule has 0 bridgehead atoms. The van der Waals surface area contributed by atoms with Crippen molar-refractivity contribution in [1.82, 2.24) is 0 Å². The molecular formula is C117H144F10. The van der Waals surface area contributed by atoms with E-state index < -0.39 is 58.2 Å². The molecule has 10 aromatic rings. The van der Waals surface area contributed by atoms with E-state index in [0.717, 1.165) is 57.4 Å². The molecule has 0 atom stereocenters. The molecule has 10 heteroatoms. The molecule has 682 valence electrons. The van der Waals surface area contributed by atoms with Gasteiger partial charge in [-0.1, -0.05) is 326 Å². The fraction of sp³-hybridized carbons (Fsp3) is 0.487. The Labute approximate surface area is 756 Å². The third-order valence-electron chi connectivity index (χ3n) is 29.4. The highest BCUT2D eigenvalue weighted by Gasteiger charge is 2.29. The zero-order valence-corrected chi connectivity index (χ0v) is 78.0. The lowest BCUT2D eigenvalue weighted by Gasteiger charge is -2.29. The van der Waals surface area contributed by atoms with Crippen molar-refractivity contribution in [1.29, 1.82) is 0 Å². The van der Waals surface area contributed by atoms with Crippen molar-refractivity contribution >= 4 is 0 Å². The molecule has 0 aliphatic heterocycles. The molecule has 5 saturated carbocycles. The van der Waals surface area contributed by atoms with Crippen LogP contribution in [0, 0.1) is 122 Å². The van der Waals surface area contributed by atoms with Gasteiger partial charge in [0.2, 0.25) is 0 Å².